The maximum absolute atomic E-state index is 13.0. The van der Waals surface area contributed by atoms with Gasteiger partial charge in [-0.2, -0.15) is 5.10 Å². The molecule has 8 nitrogen and oxygen atoms in total. The summed E-state index contributed by atoms with van der Waals surface area (Å²) in [5.74, 6) is 0.564. The van der Waals surface area contributed by atoms with Gasteiger partial charge in [-0.1, -0.05) is 23.7 Å². The van der Waals surface area contributed by atoms with Crippen LogP contribution in [0.5, 0.6) is 0 Å². The maximum Gasteiger partial charge on any atom is 0.267 e. The normalized spacial score (nSPS) is 16.0. The van der Waals surface area contributed by atoms with Gasteiger partial charge < -0.3 is 9.80 Å². The molecule has 0 N–H and O–H groups in total. The molecule has 1 atom stereocenters. The Balaban J connectivity index is 1.62. The number of hydrogen-bond donors (Lipinski definition) is 0. The molecule has 1 aromatic carbocycles. The molecule has 0 saturated carbocycles. The van der Waals surface area contributed by atoms with Crippen molar-refractivity contribution in [3.05, 3.63) is 69.4 Å². The van der Waals surface area contributed by atoms with Crippen molar-refractivity contribution < 1.29 is 4.79 Å². The van der Waals surface area contributed by atoms with Gasteiger partial charge in [0.15, 0.2) is 0 Å². The molecule has 9 heteroatoms. The van der Waals surface area contributed by atoms with Crippen molar-refractivity contribution in [2.24, 2.45) is 0 Å². The molecule has 1 fully saturated rings. The SMILES string of the molecule is Cc1ccc(=O)n(CC(=O)N2CCCC(c3nc(N(C)C)ncc3-c3ccc(Cl)cc3)C2)n1. The molecule has 1 aliphatic heterocycles. The van der Waals surface area contributed by atoms with E-state index in [0.717, 1.165) is 29.7 Å². The number of piperidine rings is 1. The van der Waals surface area contributed by atoms with E-state index in [0.29, 0.717) is 29.8 Å². The Kier molecular flexibility index (Phi) is 6.74. The minimum atomic E-state index is -0.279. The third-order valence-corrected chi connectivity index (χ3v) is 6.06. The molecule has 0 aliphatic carbocycles. The van der Waals surface area contributed by atoms with Crippen molar-refractivity contribution in [2.75, 3.05) is 32.1 Å². The average Bonchev–Trinajstić information content (AvgIpc) is 2.81. The van der Waals surface area contributed by atoms with Gasteiger partial charge >= 0.3 is 0 Å². The fourth-order valence-corrected chi connectivity index (χ4v) is 4.21. The van der Waals surface area contributed by atoms with Gasteiger partial charge in [0.05, 0.1) is 11.4 Å². The van der Waals surface area contributed by atoms with Crippen LogP contribution in [0.4, 0.5) is 5.95 Å². The zero-order valence-corrected chi connectivity index (χ0v) is 19.8. The highest BCUT2D eigenvalue weighted by Crippen LogP contribution is 2.34. The van der Waals surface area contributed by atoms with E-state index in [1.807, 2.05) is 54.4 Å². The van der Waals surface area contributed by atoms with Crippen molar-refractivity contribution in [1.29, 1.82) is 0 Å². The number of aryl methyl sites for hydroxylation is 1. The van der Waals surface area contributed by atoms with Gasteiger partial charge in [0, 0.05) is 56.0 Å². The largest absolute Gasteiger partial charge is 0.347 e. The van der Waals surface area contributed by atoms with Crippen LogP contribution in [0, 0.1) is 6.92 Å². The van der Waals surface area contributed by atoms with Gasteiger partial charge in [-0.05, 0) is 43.5 Å². The minimum absolute atomic E-state index is 0.0530. The Morgan fingerprint density at radius 1 is 1.18 bits per heavy atom. The van der Waals surface area contributed by atoms with Crippen LogP contribution in [0.1, 0.15) is 30.1 Å². The van der Waals surface area contributed by atoms with Crippen LogP contribution in [0.2, 0.25) is 5.02 Å². The lowest BCUT2D eigenvalue weighted by molar-refractivity contribution is -0.133. The van der Waals surface area contributed by atoms with Crippen molar-refractivity contribution in [1.82, 2.24) is 24.6 Å². The number of carbonyl (C=O) groups is 1. The van der Waals surface area contributed by atoms with Crippen LogP contribution in [0.25, 0.3) is 11.1 Å². The second-order valence-corrected chi connectivity index (χ2v) is 8.96. The van der Waals surface area contributed by atoms with Crippen LogP contribution >= 0.6 is 11.6 Å². The highest BCUT2D eigenvalue weighted by Gasteiger charge is 2.28. The third-order valence-electron chi connectivity index (χ3n) is 5.81. The summed E-state index contributed by atoms with van der Waals surface area (Å²) in [4.78, 5) is 38.2. The Hall–Kier alpha value is -3.26. The minimum Gasteiger partial charge on any atom is -0.347 e. The maximum atomic E-state index is 13.0. The summed E-state index contributed by atoms with van der Waals surface area (Å²) in [5.41, 5.74) is 3.26. The Morgan fingerprint density at radius 2 is 1.94 bits per heavy atom. The first-order valence-electron chi connectivity index (χ1n) is 10.9. The molecule has 4 rings (SSSR count). The topological polar surface area (TPSA) is 84.2 Å². The number of hydrogen-bond acceptors (Lipinski definition) is 6. The predicted octanol–water partition coefficient (Wildman–Crippen LogP) is 3.13. The molecule has 3 aromatic rings. The quantitative estimate of drug-likeness (QED) is 0.574. The molecule has 0 bridgehead atoms. The van der Waals surface area contributed by atoms with E-state index in [1.54, 1.807) is 13.0 Å². The fourth-order valence-electron chi connectivity index (χ4n) is 4.08. The number of anilines is 1. The highest BCUT2D eigenvalue weighted by atomic mass is 35.5. The number of amides is 1. The summed E-state index contributed by atoms with van der Waals surface area (Å²) >= 11 is 6.08. The molecule has 2 aromatic heterocycles. The van der Waals surface area contributed by atoms with E-state index in [2.05, 4.69) is 10.1 Å². The smallest absolute Gasteiger partial charge is 0.267 e. The number of benzene rings is 1. The molecule has 0 spiro atoms. The van der Waals surface area contributed by atoms with Crippen LogP contribution in [-0.2, 0) is 11.3 Å². The molecule has 33 heavy (non-hydrogen) atoms. The van der Waals surface area contributed by atoms with Gasteiger partial charge in [0.2, 0.25) is 11.9 Å². The standard InChI is InChI=1S/C24H27ClN6O2/c1-16-6-11-21(32)31(28-16)15-22(33)30-12-4-5-18(14-30)23-20(13-26-24(27-23)29(2)3)17-7-9-19(25)10-8-17/h6-11,13,18H,4-5,12,14-15H2,1-3H3. The number of aromatic nitrogens is 4. The van der Waals surface area contributed by atoms with Crippen molar-refractivity contribution >= 4 is 23.5 Å². The first-order chi connectivity index (χ1) is 15.8. The number of carbonyl (C=O) groups excluding carboxylic acids is 1. The molecule has 0 radical (unpaired) electrons. The Labute approximate surface area is 197 Å². The summed E-state index contributed by atoms with van der Waals surface area (Å²) in [6.45, 7) is 2.92. The third kappa shape index (κ3) is 5.22. The van der Waals surface area contributed by atoms with Crippen molar-refractivity contribution in [3.8, 4) is 11.1 Å². The number of rotatable bonds is 5. The molecule has 1 amide bonds. The average molecular weight is 467 g/mol. The number of halogens is 1. The van der Waals surface area contributed by atoms with Gasteiger partial charge in [0.1, 0.15) is 6.54 Å². The first kappa shape index (κ1) is 22.9. The Bertz CT molecular complexity index is 1210. The van der Waals surface area contributed by atoms with E-state index in [-0.39, 0.29) is 23.9 Å². The number of nitrogens with zero attached hydrogens (tertiary/aromatic N) is 6. The van der Waals surface area contributed by atoms with Crippen LogP contribution in [0.3, 0.4) is 0 Å². The number of likely N-dealkylation sites (tertiary alicyclic amines) is 1. The van der Waals surface area contributed by atoms with Gasteiger partial charge in [0.25, 0.3) is 5.56 Å². The fraction of sp³-hybridized carbons (Fsp3) is 0.375. The molecular weight excluding hydrogens is 440 g/mol. The first-order valence-corrected chi connectivity index (χ1v) is 11.3. The highest BCUT2D eigenvalue weighted by molar-refractivity contribution is 6.30. The molecule has 172 valence electrons. The summed E-state index contributed by atoms with van der Waals surface area (Å²) in [6, 6.07) is 10.7. The second-order valence-electron chi connectivity index (χ2n) is 8.52. The molecule has 1 aliphatic rings. The van der Waals surface area contributed by atoms with Gasteiger partial charge in [-0.15, -0.1) is 0 Å². The van der Waals surface area contributed by atoms with Crippen LogP contribution in [0.15, 0.2) is 47.4 Å². The van der Waals surface area contributed by atoms with E-state index in [4.69, 9.17) is 16.6 Å². The van der Waals surface area contributed by atoms with Crippen molar-refractivity contribution in [2.45, 2.75) is 32.2 Å². The van der Waals surface area contributed by atoms with Gasteiger partial charge in [-0.3, -0.25) is 9.59 Å². The summed E-state index contributed by atoms with van der Waals surface area (Å²) in [5, 5.41) is 4.86. The lowest BCUT2D eigenvalue weighted by Gasteiger charge is -2.33. The van der Waals surface area contributed by atoms with Crippen LogP contribution < -0.4 is 10.5 Å². The molecular formula is C24H27ClN6O2. The lowest BCUT2D eigenvalue weighted by Crippen LogP contribution is -2.42. The van der Waals surface area contributed by atoms with Crippen molar-refractivity contribution in [3.63, 3.8) is 0 Å². The van der Waals surface area contributed by atoms with Crippen LogP contribution in [-0.4, -0.2) is 57.7 Å². The molecule has 3 heterocycles. The second kappa shape index (κ2) is 9.70. The van der Waals surface area contributed by atoms with E-state index in [9.17, 15) is 9.59 Å². The zero-order valence-electron chi connectivity index (χ0n) is 19.0. The lowest BCUT2D eigenvalue weighted by atomic mass is 9.90. The van der Waals surface area contributed by atoms with E-state index < -0.39 is 0 Å². The van der Waals surface area contributed by atoms with E-state index >= 15 is 0 Å². The van der Waals surface area contributed by atoms with Gasteiger partial charge in [-0.25, -0.2) is 14.6 Å². The Morgan fingerprint density at radius 3 is 2.67 bits per heavy atom. The summed E-state index contributed by atoms with van der Waals surface area (Å²) in [7, 11) is 3.81. The monoisotopic (exact) mass is 466 g/mol. The predicted molar refractivity (Wildman–Crippen MR) is 129 cm³/mol. The zero-order chi connectivity index (χ0) is 23.5. The summed E-state index contributed by atoms with van der Waals surface area (Å²) in [6.07, 6.45) is 3.61. The van der Waals surface area contributed by atoms with E-state index in [1.165, 1.54) is 10.7 Å². The summed E-state index contributed by atoms with van der Waals surface area (Å²) < 4.78 is 1.23. The molecule has 1 unspecified atom stereocenters. The molecule has 1 saturated heterocycles.